The summed E-state index contributed by atoms with van der Waals surface area (Å²) in [5.41, 5.74) is 0.971. The molecule has 0 unspecified atom stereocenters. The highest BCUT2D eigenvalue weighted by Gasteiger charge is 2.34. The summed E-state index contributed by atoms with van der Waals surface area (Å²) in [4.78, 5) is 27.5. The predicted molar refractivity (Wildman–Crippen MR) is 117 cm³/mol. The fraction of sp³-hybridized carbons (Fsp3) is 0.318. The van der Waals surface area contributed by atoms with E-state index in [1.165, 1.54) is 19.8 Å². The molecule has 0 aliphatic carbocycles. The van der Waals surface area contributed by atoms with Crippen molar-refractivity contribution in [3.8, 4) is 0 Å². The van der Waals surface area contributed by atoms with E-state index in [4.69, 9.17) is 4.52 Å². The van der Waals surface area contributed by atoms with Gasteiger partial charge in [0.1, 0.15) is 16.2 Å². The second kappa shape index (κ2) is 8.71. The van der Waals surface area contributed by atoms with Gasteiger partial charge in [-0.15, -0.1) is 0 Å². The van der Waals surface area contributed by atoms with Crippen molar-refractivity contribution in [2.45, 2.75) is 25.3 Å². The second-order valence-corrected chi connectivity index (χ2v) is 9.56. The summed E-state index contributed by atoms with van der Waals surface area (Å²) in [5, 5.41) is 3.73. The molecular formula is C22H24N4O5S. The van der Waals surface area contributed by atoms with Gasteiger partial charge in [-0.2, -0.15) is 4.31 Å². The zero-order valence-electron chi connectivity index (χ0n) is 17.9. The van der Waals surface area contributed by atoms with Crippen LogP contribution >= 0.6 is 0 Å². The Kier molecular flexibility index (Phi) is 5.98. The third kappa shape index (κ3) is 4.11. The number of amides is 1. The lowest BCUT2D eigenvalue weighted by atomic mass is 10.2. The smallest absolute Gasteiger partial charge is 0.263 e. The molecule has 3 aromatic rings. The van der Waals surface area contributed by atoms with Crippen molar-refractivity contribution in [2.75, 3.05) is 26.2 Å². The zero-order chi connectivity index (χ0) is 22.9. The summed E-state index contributed by atoms with van der Waals surface area (Å²) in [5.74, 6) is -0.156. The van der Waals surface area contributed by atoms with Crippen molar-refractivity contribution in [3.05, 3.63) is 81.6 Å². The van der Waals surface area contributed by atoms with Gasteiger partial charge in [-0.3, -0.25) is 9.59 Å². The number of pyridine rings is 1. The lowest BCUT2D eigenvalue weighted by Crippen LogP contribution is -2.51. The van der Waals surface area contributed by atoms with Crippen LogP contribution in [0, 0.1) is 13.8 Å². The van der Waals surface area contributed by atoms with Crippen LogP contribution in [0.5, 0.6) is 0 Å². The van der Waals surface area contributed by atoms with Gasteiger partial charge in [0.05, 0.1) is 6.54 Å². The van der Waals surface area contributed by atoms with Crippen molar-refractivity contribution < 1.29 is 17.7 Å². The Labute approximate surface area is 185 Å². The summed E-state index contributed by atoms with van der Waals surface area (Å²) in [6, 6.07) is 12.7. The van der Waals surface area contributed by atoms with E-state index in [0.29, 0.717) is 12.2 Å². The number of hydrogen-bond acceptors (Lipinski definition) is 6. The van der Waals surface area contributed by atoms with Gasteiger partial charge in [-0.05, 0) is 31.5 Å². The molecule has 0 atom stereocenters. The average Bonchev–Trinajstić information content (AvgIpc) is 3.14. The third-order valence-corrected chi connectivity index (χ3v) is 7.68. The Bertz CT molecular complexity index is 1270. The molecule has 2 aromatic heterocycles. The number of nitrogens with zero attached hydrogens (tertiary/aromatic N) is 4. The van der Waals surface area contributed by atoms with Crippen molar-refractivity contribution in [1.82, 2.24) is 18.9 Å². The van der Waals surface area contributed by atoms with Gasteiger partial charge in [0.2, 0.25) is 10.0 Å². The van der Waals surface area contributed by atoms with Crippen molar-refractivity contribution >= 4 is 15.9 Å². The van der Waals surface area contributed by atoms with E-state index in [1.54, 1.807) is 26.1 Å². The SMILES string of the molecule is Cc1noc(C)c1S(=O)(=O)N1CCN(C(=O)c2cccn(Cc3ccccc3)c2=O)CC1. The summed E-state index contributed by atoms with van der Waals surface area (Å²) in [7, 11) is -3.77. The second-order valence-electron chi connectivity index (χ2n) is 7.69. The van der Waals surface area contributed by atoms with Gasteiger partial charge in [-0.1, -0.05) is 35.5 Å². The standard InChI is InChI=1S/C22H24N4O5S/c1-16-20(17(2)31-23-16)32(29,30)26-13-11-24(12-14-26)21(27)19-9-6-10-25(22(19)28)15-18-7-4-3-5-8-18/h3-10H,11-15H2,1-2H3. The highest BCUT2D eigenvalue weighted by atomic mass is 32.2. The fourth-order valence-electron chi connectivity index (χ4n) is 3.88. The number of aromatic nitrogens is 2. The van der Waals surface area contributed by atoms with Gasteiger partial charge in [0.25, 0.3) is 11.5 Å². The molecule has 10 heteroatoms. The molecule has 1 aliphatic heterocycles. The maximum absolute atomic E-state index is 13.0. The summed E-state index contributed by atoms with van der Waals surface area (Å²) in [6.07, 6.45) is 1.65. The molecule has 0 saturated carbocycles. The Morgan fingerprint density at radius 3 is 2.34 bits per heavy atom. The number of piperazine rings is 1. The molecule has 168 valence electrons. The lowest BCUT2D eigenvalue weighted by Gasteiger charge is -2.33. The first-order valence-corrected chi connectivity index (χ1v) is 11.7. The molecule has 1 aliphatic rings. The van der Waals surface area contributed by atoms with E-state index >= 15 is 0 Å². The normalized spacial score (nSPS) is 15.1. The van der Waals surface area contributed by atoms with E-state index in [2.05, 4.69) is 5.16 Å². The van der Waals surface area contributed by atoms with Gasteiger partial charge in [0, 0.05) is 32.4 Å². The molecule has 0 radical (unpaired) electrons. The van der Waals surface area contributed by atoms with Gasteiger partial charge < -0.3 is 14.0 Å². The van der Waals surface area contributed by atoms with Crippen LogP contribution in [0.25, 0.3) is 0 Å². The van der Waals surface area contributed by atoms with E-state index < -0.39 is 15.9 Å². The van der Waals surface area contributed by atoms with Gasteiger partial charge in [0.15, 0.2) is 5.76 Å². The molecule has 0 bridgehead atoms. The largest absolute Gasteiger partial charge is 0.360 e. The average molecular weight is 457 g/mol. The zero-order valence-corrected chi connectivity index (χ0v) is 18.7. The highest BCUT2D eigenvalue weighted by molar-refractivity contribution is 7.89. The first-order chi connectivity index (χ1) is 15.3. The van der Waals surface area contributed by atoms with Gasteiger partial charge >= 0.3 is 0 Å². The topological polar surface area (TPSA) is 106 Å². The fourth-order valence-corrected chi connectivity index (χ4v) is 5.59. The predicted octanol–water partition coefficient (Wildman–Crippen LogP) is 1.65. The Morgan fingerprint density at radius 1 is 1.03 bits per heavy atom. The molecule has 1 saturated heterocycles. The Morgan fingerprint density at radius 2 is 1.72 bits per heavy atom. The number of hydrogen-bond donors (Lipinski definition) is 0. The summed E-state index contributed by atoms with van der Waals surface area (Å²) < 4.78 is 33.8. The van der Waals surface area contributed by atoms with Crippen LogP contribution in [-0.4, -0.2) is 59.4 Å². The summed E-state index contributed by atoms with van der Waals surface area (Å²) >= 11 is 0. The maximum Gasteiger partial charge on any atom is 0.263 e. The minimum Gasteiger partial charge on any atom is -0.360 e. The maximum atomic E-state index is 13.0. The Balaban J connectivity index is 1.48. The number of sulfonamides is 1. The van der Waals surface area contributed by atoms with Crippen molar-refractivity contribution in [3.63, 3.8) is 0 Å². The molecule has 9 nitrogen and oxygen atoms in total. The molecule has 1 amide bonds. The summed E-state index contributed by atoms with van der Waals surface area (Å²) in [6.45, 7) is 4.14. The highest BCUT2D eigenvalue weighted by Crippen LogP contribution is 2.24. The molecule has 1 fully saturated rings. The number of rotatable bonds is 5. The van der Waals surface area contributed by atoms with E-state index in [9.17, 15) is 18.0 Å². The quantitative estimate of drug-likeness (QED) is 0.578. The molecule has 0 N–H and O–H groups in total. The number of benzene rings is 1. The monoisotopic (exact) mass is 456 g/mol. The first kappa shape index (κ1) is 22.0. The molecule has 32 heavy (non-hydrogen) atoms. The molecule has 3 heterocycles. The molecule has 4 rings (SSSR count). The first-order valence-electron chi connectivity index (χ1n) is 10.2. The lowest BCUT2D eigenvalue weighted by molar-refractivity contribution is 0.0695. The van der Waals surface area contributed by atoms with Crippen LogP contribution in [0.15, 0.2) is 62.9 Å². The van der Waals surface area contributed by atoms with E-state index in [0.717, 1.165) is 5.56 Å². The van der Waals surface area contributed by atoms with E-state index in [-0.39, 0.29) is 48.0 Å². The van der Waals surface area contributed by atoms with Gasteiger partial charge in [-0.25, -0.2) is 8.42 Å². The number of carbonyl (C=O) groups is 1. The Hall–Kier alpha value is -3.24. The van der Waals surface area contributed by atoms with Crippen LogP contribution in [0.4, 0.5) is 0 Å². The third-order valence-electron chi connectivity index (χ3n) is 5.54. The minimum absolute atomic E-state index is 0.0733. The van der Waals surface area contributed by atoms with E-state index in [1.807, 2.05) is 30.3 Å². The van der Waals surface area contributed by atoms with Crippen LogP contribution in [-0.2, 0) is 16.6 Å². The van der Waals surface area contributed by atoms with Crippen LogP contribution < -0.4 is 5.56 Å². The van der Waals surface area contributed by atoms with Crippen LogP contribution in [0.1, 0.15) is 27.4 Å². The van der Waals surface area contributed by atoms with Crippen LogP contribution in [0.3, 0.4) is 0 Å². The molecule has 1 aromatic carbocycles. The number of aryl methyl sites for hydroxylation is 2. The van der Waals surface area contributed by atoms with Crippen molar-refractivity contribution in [1.29, 1.82) is 0 Å². The number of carbonyl (C=O) groups excluding carboxylic acids is 1. The van der Waals surface area contributed by atoms with Crippen LogP contribution in [0.2, 0.25) is 0 Å². The minimum atomic E-state index is -3.77. The van der Waals surface area contributed by atoms with Crippen molar-refractivity contribution in [2.24, 2.45) is 0 Å². The molecular weight excluding hydrogens is 432 g/mol. The molecule has 0 spiro atoms.